The number of aryl methyl sites for hydroxylation is 1. The van der Waals surface area contributed by atoms with Crippen molar-refractivity contribution in [2.45, 2.75) is 46.7 Å². The minimum atomic E-state index is -1.03. The first-order chi connectivity index (χ1) is 9.27. The summed E-state index contributed by atoms with van der Waals surface area (Å²) in [6.07, 6.45) is 0.375. The number of hydrogen-bond donors (Lipinski definition) is 2. The van der Waals surface area contributed by atoms with Crippen LogP contribution in [0.4, 0.5) is 11.6 Å². The smallest absolute Gasteiger partial charge is 0.406 e. The molecule has 0 aliphatic carbocycles. The largest absolute Gasteiger partial charge is 0.480 e. The molecular formula is C12H20N4O4. The van der Waals surface area contributed by atoms with Gasteiger partial charge in [0.25, 0.3) is 0 Å². The highest BCUT2D eigenvalue weighted by Crippen LogP contribution is 2.26. The van der Waals surface area contributed by atoms with Gasteiger partial charge in [0.2, 0.25) is 11.6 Å². The zero-order valence-corrected chi connectivity index (χ0v) is 12.1. The van der Waals surface area contributed by atoms with Crippen LogP contribution in [0.5, 0.6) is 0 Å². The predicted octanol–water partition coefficient (Wildman–Crippen LogP) is 2.03. The lowest BCUT2D eigenvalue weighted by Crippen LogP contribution is -2.32. The molecule has 112 valence electrons. The van der Waals surface area contributed by atoms with Crippen LogP contribution in [-0.2, 0) is 11.3 Å². The number of carboxylic acid groups (broad SMARTS) is 1. The molecule has 0 spiro atoms. The van der Waals surface area contributed by atoms with Gasteiger partial charge < -0.3 is 20.5 Å². The highest BCUT2D eigenvalue weighted by molar-refractivity contribution is 5.78. The topological polar surface area (TPSA) is 110 Å². The number of carboxylic acids is 1. The number of aliphatic carboxylic acids is 1. The van der Waals surface area contributed by atoms with Crippen molar-refractivity contribution in [1.82, 2.24) is 9.55 Å². The Bertz CT molecular complexity index is 510. The maximum absolute atomic E-state index is 11.3. The summed E-state index contributed by atoms with van der Waals surface area (Å²) in [6, 6.07) is -0.880. The van der Waals surface area contributed by atoms with Gasteiger partial charge in [0.05, 0.1) is 0 Å². The van der Waals surface area contributed by atoms with Gasteiger partial charge in [-0.1, -0.05) is 13.8 Å². The van der Waals surface area contributed by atoms with Crippen LogP contribution in [0.15, 0.2) is 0 Å². The van der Waals surface area contributed by atoms with Gasteiger partial charge in [-0.25, -0.2) is 4.79 Å². The fourth-order valence-corrected chi connectivity index (χ4v) is 2.06. The fraction of sp³-hybridized carbons (Fsp3) is 0.667. The maximum Gasteiger partial charge on any atom is 0.406 e. The first kappa shape index (κ1) is 15.9. The molecule has 2 N–H and O–H groups in total. The average molecular weight is 284 g/mol. The minimum Gasteiger partial charge on any atom is -0.480 e. The highest BCUT2D eigenvalue weighted by Gasteiger charge is 2.29. The summed E-state index contributed by atoms with van der Waals surface area (Å²) >= 11 is 0. The molecule has 0 fully saturated rings. The van der Waals surface area contributed by atoms with Gasteiger partial charge in [0.1, 0.15) is 6.04 Å². The first-order valence-corrected chi connectivity index (χ1v) is 6.48. The predicted molar refractivity (Wildman–Crippen MR) is 73.8 cm³/mol. The summed E-state index contributed by atoms with van der Waals surface area (Å²) < 4.78 is 1.61. The molecule has 0 saturated carbocycles. The molecule has 20 heavy (non-hydrogen) atoms. The fourth-order valence-electron chi connectivity index (χ4n) is 2.06. The average Bonchev–Trinajstić information content (AvgIpc) is 2.64. The van der Waals surface area contributed by atoms with Crippen LogP contribution >= 0.6 is 0 Å². The number of rotatable bonds is 7. The monoisotopic (exact) mass is 284 g/mol. The third kappa shape index (κ3) is 3.46. The first-order valence-electron chi connectivity index (χ1n) is 6.48. The SMILES string of the molecule is CCn1c(C)nc([N+](=O)[O-])c1N[C@@H](CC(C)C)C(=O)O. The third-order valence-electron chi connectivity index (χ3n) is 2.95. The van der Waals surface area contributed by atoms with Crippen LogP contribution in [0.1, 0.15) is 33.0 Å². The number of carbonyl (C=O) groups is 1. The van der Waals surface area contributed by atoms with Crippen LogP contribution in [0.25, 0.3) is 0 Å². The molecule has 0 aliphatic heterocycles. The molecule has 0 unspecified atom stereocenters. The van der Waals surface area contributed by atoms with Gasteiger partial charge in [-0.05, 0) is 29.2 Å². The van der Waals surface area contributed by atoms with Crippen molar-refractivity contribution < 1.29 is 14.8 Å². The molecule has 0 saturated heterocycles. The molecule has 8 heteroatoms. The molecule has 0 bridgehead atoms. The van der Waals surface area contributed by atoms with E-state index < -0.39 is 16.9 Å². The van der Waals surface area contributed by atoms with Crippen molar-refractivity contribution in [3.63, 3.8) is 0 Å². The molecule has 1 aromatic heterocycles. The van der Waals surface area contributed by atoms with Gasteiger partial charge in [-0.3, -0.25) is 4.57 Å². The van der Waals surface area contributed by atoms with Crippen LogP contribution in [0, 0.1) is 23.0 Å². The van der Waals surface area contributed by atoms with Gasteiger partial charge in [-0.15, -0.1) is 0 Å². The lowest BCUT2D eigenvalue weighted by molar-refractivity contribution is -0.388. The highest BCUT2D eigenvalue weighted by atomic mass is 16.6. The van der Waals surface area contributed by atoms with E-state index in [-0.39, 0.29) is 17.6 Å². The molecule has 0 aliphatic rings. The number of aromatic nitrogens is 2. The second kappa shape index (κ2) is 6.36. The van der Waals surface area contributed by atoms with Gasteiger partial charge in [-0.2, -0.15) is 0 Å². The third-order valence-corrected chi connectivity index (χ3v) is 2.95. The number of nitro groups is 1. The van der Waals surface area contributed by atoms with Gasteiger partial charge >= 0.3 is 11.8 Å². The van der Waals surface area contributed by atoms with E-state index in [2.05, 4.69) is 10.3 Å². The second-order valence-corrected chi connectivity index (χ2v) is 5.00. The summed E-state index contributed by atoms with van der Waals surface area (Å²) in [4.78, 5) is 25.6. The Hall–Kier alpha value is -2.12. The number of nitrogens with zero attached hydrogens (tertiary/aromatic N) is 3. The van der Waals surface area contributed by atoms with Crippen LogP contribution < -0.4 is 5.32 Å². The van der Waals surface area contributed by atoms with Crippen molar-refractivity contribution >= 4 is 17.6 Å². The summed E-state index contributed by atoms with van der Waals surface area (Å²) in [5, 5.41) is 23.0. The standard InChI is InChI=1S/C12H20N4O4/c1-5-15-8(4)13-11(16(19)20)10(15)14-9(12(17)18)6-7(2)3/h7,9,14H,5-6H2,1-4H3,(H,17,18)/t9-/m0/s1. The van der Waals surface area contributed by atoms with E-state index in [9.17, 15) is 20.0 Å². The lowest BCUT2D eigenvalue weighted by Gasteiger charge is -2.17. The van der Waals surface area contributed by atoms with E-state index in [1.807, 2.05) is 20.8 Å². The Morgan fingerprint density at radius 3 is 2.55 bits per heavy atom. The molecule has 0 amide bonds. The van der Waals surface area contributed by atoms with Crippen LogP contribution in [-0.4, -0.2) is 31.6 Å². The maximum atomic E-state index is 11.3. The number of nitrogens with one attached hydrogen (secondary N) is 1. The Morgan fingerprint density at radius 2 is 2.15 bits per heavy atom. The molecule has 1 atom stereocenters. The van der Waals surface area contributed by atoms with Crippen molar-refractivity contribution in [3.05, 3.63) is 15.9 Å². The Morgan fingerprint density at radius 1 is 1.55 bits per heavy atom. The van der Waals surface area contributed by atoms with Crippen molar-refractivity contribution in [3.8, 4) is 0 Å². The summed E-state index contributed by atoms with van der Waals surface area (Å²) in [5.74, 6) is -0.575. The normalized spacial score (nSPS) is 12.4. The molecule has 1 rings (SSSR count). The van der Waals surface area contributed by atoms with Crippen molar-refractivity contribution in [2.24, 2.45) is 5.92 Å². The van der Waals surface area contributed by atoms with E-state index in [4.69, 9.17) is 0 Å². The van der Waals surface area contributed by atoms with E-state index in [1.54, 1.807) is 11.5 Å². The molecular weight excluding hydrogens is 264 g/mol. The van der Waals surface area contributed by atoms with Crippen LogP contribution in [0.3, 0.4) is 0 Å². The number of hydrogen-bond acceptors (Lipinski definition) is 5. The quantitative estimate of drug-likeness (QED) is 0.585. The summed E-state index contributed by atoms with van der Waals surface area (Å²) in [7, 11) is 0. The zero-order valence-electron chi connectivity index (χ0n) is 12.1. The molecule has 1 aromatic rings. The van der Waals surface area contributed by atoms with E-state index in [0.29, 0.717) is 18.8 Å². The number of anilines is 1. The van der Waals surface area contributed by atoms with E-state index in [0.717, 1.165) is 0 Å². The molecule has 0 radical (unpaired) electrons. The zero-order chi connectivity index (χ0) is 15.4. The summed E-state index contributed by atoms with van der Waals surface area (Å²) in [6.45, 7) is 7.74. The molecule has 1 heterocycles. The molecule has 0 aromatic carbocycles. The van der Waals surface area contributed by atoms with Crippen LogP contribution in [0.2, 0.25) is 0 Å². The van der Waals surface area contributed by atoms with Crippen molar-refractivity contribution in [1.29, 1.82) is 0 Å². The Balaban J connectivity index is 3.16. The summed E-state index contributed by atoms with van der Waals surface area (Å²) in [5.41, 5.74) is 0. The Labute approximate surface area is 117 Å². The number of imidazole rings is 1. The Kier molecular flexibility index (Phi) is 5.06. The second-order valence-electron chi connectivity index (χ2n) is 5.00. The van der Waals surface area contributed by atoms with Gasteiger partial charge in [0.15, 0.2) is 0 Å². The van der Waals surface area contributed by atoms with E-state index in [1.165, 1.54) is 0 Å². The van der Waals surface area contributed by atoms with E-state index >= 15 is 0 Å². The molecule has 8 nitrogen and oxygen atoms in total. The lowest BCUT2D eigenvalue weighted by atomic mass is 10.0. The van der Waals surface area contributed by atoms with Crippen molar-refractivity contribution in [2.75, 3.05) is 5.32 Å². The van der Waals surface area contributed by atoms with Gasteiger partial charge in [0, 0.05) is 13.5 Å². The minimum absolute atomic E-state index is 0.154.